The van der Waals surface area contributed by atoms with Crippen LogP contribution in [0.15, 0.2) is 48.5 Å². The molecule has 0 atom stereocenters. The van der Waals surface area contributed by atoms with Crippen LogP contribution in [-0.4, -0.2) is 58.2 Å². The molecule has 0 aliphatic carbocycles. The number of ether oxygens (including phenoxy) is 3. The maximum Gasteiger partial charge on any atom is 0.306 e. The molecule has 1 amide bonds. The van der Waals surface area contributed by atoms with E-state index in [0.29, 0.717) is 25.3 Å². The van der Waals surface area contributed by atoms with Gasteiger partial charge in [0.15, 0.2) is 6.61 Å². The molecule has 0 radical (unpaired) electrons. The Bertz CT molecular complexity index is 803. The molecule has 7 nitrogen and oxygen atoms in total. The fourth-order valence-corrected chi connectivity index (χ4v) is 2.66. The SMILES string of the molecule is COc1ccc(OCCCC(=O)OCC(=O)N(C)Cc2ccc(N(C)C)cc2)cc1. The van der Waals surface area contributed by atoms with Gasteiger partial charge < -0.3 is 24.0 Å². The number of anilines is 1. The van der Waals surface area contributed by atoms with Gasteiger partial charge in [-0.05, 0) is 48.4 Å². The minimum atomic E-state index is -0.412. The number of benzene rings is 2. The average molecular weight is 415 g/mol. The molecule has 30 heavy (non-hydrogen) atoms. The number of hydrogen-bond acceptors (Lipinski definition) is 6. The van der Waals surface area contributed by atoms with E-state index in [1.165, 1.54) is 0 Å². The normalized spacial score (nSPS) is 10.3. The number of hydrogen-bond donors (Lipinski definition) is 0. The quantitative estimate of drug-likeness (QED) is 0.416. The van der Waals surface area contributed by atoms with Crippen LogP contribution >= 0.6 is 0 Å². The highest BCUT2D eigenvalue weighted by atomic mass is 16.5. The van der Waals surface area contributed by atoms with Gasteiger partial charge in [-0.1, -0.05) is 12.1 Å². The number of nitrogens with zero attached hydrogens (tertiary/aromatic N) is 2. The van der Waals surface area contributed by atoms with Crippen molar-refractivity contribution < 1.29 is 23.8 Å². The van der Waals surface area contributed by atoms with Crippen LogP contribution in [0.4, 0.5) is 5.69 Å². The first kappa shape index (κ1) is 23.1. The van der Waals surface area contributed by atoms with Crippen molar-refractivity contribution in [2.45, 2.75) is 19.4 Å². The van der Waals surface area contributed by atoms with Crippen molar-refractivity contribution in [3.05, 3.63) is 54.1 Å². The summed E-state index contributed by atoms with van der Waals surface area (Å²) >= 11 is 0. The van der Waals surface area contributed by atoms with Crippen molar-refractivity contribution in [1.29, 1.82) is 0 Å². The molecule has 2 aromatic rings. The highest BCUT2D eigenvalue weighted by Crippen LogP contribution is 2.17. The van der Waals surface area contributed by atoms with Gasteiger partial charge in [0.2, 0.25) is 0 Å². The summed E-state index contributed by atoms with van der Waals surface area (Å²) in [6.07, 6.45) is 0.701. The maximum atomic E-state index is 12.2. The van der Waals surface area contributed by atoms with Crippen LogP contribution in [-0.2, 0) is 20.9 Å². The summed E-state index contributed by atoms with van der Waals surface area (Å²) in [6.45, 7) is 0.586. The number of rotatable bonds is 11. The molecule has 0 unspecified atom stereocenters. The molecule has 0 saturated carbocycles. The van der Waals surface area contributed by atoms with E-state index >= 15 is 0 Å². The molecular formula is C23H30N2O5. The zero-order valence-electron chi connectivity index (χ0n) is 18.1. The van der Waals surface area contributed by atoms with E-state index in [4.69, 9.17) is 14.2 Å². The molecule has 0 heterocycles. The Morgan fingerprint density at radius 3 is 2.13 bits per heavy atom. The highest BCUT2D eigenvalue weighted by molar-refractivity contribution is 5.80. The third kappa shape index (κ3) is 7.66. The fourth-order valence-electron chi connectivity index (χ4n) is 2.66. The molecule has 0 saturated heterocycles. The van der Waals surface area contributed by atoms with Gasteiger partial charge in [0.05, 0.1) is 13.7 Å². The number of amides is 1. The Hall–Kier alpha value is -3.22. The second-order valence-electron chi connectivity index (χ2n) is 7.10. The summed E-state index contributed by atoms with van der Waals surface area (Å²) in [5.41, 5.74) is 2.11. The summed E-state index contributed by atoms with van der Waals surface area (Å²) in [6, 6.07) is 15.2. The van der Waals surface area contributed by atoms with E-state index in [0.717, 1.165) is 17.0 Å². The Morgan fingerprint density at radius 1 is 0.900 bits per heavy atom. The van der Waals surface area contributed by atoms with E-state index in [1.54, 1.807) is 31.2 Å². The average Bonchev–Trinajstić information content (AvgIpc) is 2.75. The van der Waals surface area contributed by atoms with E-state index in [1.807, 2.05) is 55.4 Å². The Kier molecular flexibility index (Phi) is 9.00. The van der Waals surface area contributed by atoms with Crippen molar-refractivity contribution in [3.63, 3.8) is 0 Å². The molecular weight excluding hydrogens is 384 g/mol. The van der Waals surface area contributed by atoms with Crippen molar-refractivity contribution in [2.75, 3.05) is 46.4 Å². The van der Waals surface area contributed by atoms with Crippen LogP contribution in [0.1, 0.15) is 18.4 Å². The first-order valence-corrected chi connectivity index (χ1v) is 9.81. The van der Waals surface area contributed by atoms with E-state index < -0.39 is 5.97 Å². The zero-order valence-corrected chi connectivity index (χ0v) is 18.1. The molecule has 0 N–H and O–H groups in total. The second-order valence-corrected chi connectivity index (χ2v) is 7.10. The molecule has 0 aliphatic heterocycles. The molecule has 0 aromatic heterocycles. The van der Waals surface area contributed by atoms with Gasteiger partial charge in [0, 0.05) is 39.8 Å². The van der Waals surface area contributed by atoms with E-state index in [-0.39, 0.29) is 18.9 Å². The van der Waals surface area contributed by atoms with Crippen molar-refractivity contribution in [2.24, 2.45) is 0 Å². The molecule has 0 spiro atoms. The molecule has 0 aliphatic rings. The minimum absolute atomic E-state index is 0.194. The van der Waals surface area contributed by atoms with E-state index in [9.17, 15) is 9.59 Å². The number of methoxy groups -OCH3 is 1. The van der Waals surface area contributed by atoms with Gasteiger partial charge in [0.1, 0.15) is 11.5 Å². The summed E-state index contributed by atoms with van der Waals surface area (Å²) < 4.78 is 15.7. The van der Waals surface area contributed by atoms with Crippen molar-refractivity contribution in [3.8, 4) is 11.5 Å². The van der Waals surface area contributed by atoms with Crippen molar-refractivity contribution >= 4 is 17.6 Å². The Morgan fingerprint density at radius 2 is 1.53 bits per heavy atom. The second kappa shape index (κ2) is 11.7. The zero-order chi connectivity index (χ0) is 21.9. The standard InChI is InChI=1S/C23H30N2O5/c1-24(2)19-9-7-18(8-10-19)16-25(3)22(26)17-30-23(27)6-5-15-29-21-13-11-20(28-4)12-14-21/h7-14H,5-6,15-17H2,1-4H3. The van der Waals surface area contributed by atoms with Crippen LogP contribution in [0.5, 0.6) is 11.5 Å². The summed E-state index contributed by atoms with van der Waals surface area (Å²) in [5.74, 6) is 0.811. The lowest BCUT2D eigenvalue weighted by Crippen LogP contribution is -2.30. The Labute approximate surface area is 178 Å². The number of carbonyl (C=O) groups excluding carboxylic acids is 2. The third-order valence-electron chi connectivity index (χ3n) is 4.51. The smallest absolute Gasteiger partial charge is 0.306 e. The molecule has 0 fully saturated rings. The summed E-state index contributed by atoms with van der Waals surface area (Å²) in [4.78, 5) is 27.6. The summed E-state index contributed by atoms with van der Waals surface area (Å²) in [7, 11) is 7.25. The Balaban J connectivity index is 1.63. The lowest BCUT2D eigenvalue weighted by molar-refractivity contribution is -0.151. The van der Waals surface area contributed by atoms with Gasteiger partial charge in [-0.2, -0.15) is 0 Å². The monoisotopic (exact) mass is 414 g/mol. The van der Waals surface area contributed by atoms with Gasteiger partial charge >= 0.3 is 5.97 Å². The van der Waals surface area contributed by atoms with Crippen LogP contribution in [0.25, 0.3) is 0 Å². The lowest BCUT2D eigenvalue weighted by atomic mass is 10.2. The number of carbonyl (C=O) groups is 2. The first-order valence-electron chi connectivity index (χ1n) is 9.81. The minimum Gasteiger partial charge on any atom is -0.497 e. The molecule has 162 valence electrons. The third-order valence-corrected chi connectivity index (χ3v) is 4.51. The topological polar surface area (TPSA) is 68.3 Å². The van der Waals surface area contributed by atoms with Gasteiger partial charge in [0.25, 0.3) is 5.91 Å². The van der Waals surface area contributed by atoms with Gasteiger partial charge in [-0.25, -0.2) is 0 Å². The molecule has 0 bridgehead atoms. The van der Waals surface area contributed by atoms with Gasteiger partial charge in [-0.3, -0.25) is 9.59 Å². The van der Waals surface area contributed by atoms with Crippen molar-refractivity contribution in [1.82, 2.24) is 4.90 Å². The summed E-state index contributed by atoms with van der Waals surface area (Å²) in [5, 5.41) is 0. The lowest BCUT2D eigenvalue weighted by Gasteiger charge is -2.18. The maximum absolute atomic E-state index is 12.2. The molecule has 2 aromatic carbocycles. The van der Waals surface area contributed by atoms with Crippen LogP contribution in [0, 0.1) is 0 Å². The predicted molar refractivity (Wildman–Crippen MR) is 116 cm³/mol. The fraction of sp³-hybridized carbons (Fsp3) is 0.391. The first-order chi connectivity index (χ1) is 14.4. The van der Waals surface area contributed by atoms with E-state index in [2.05, 4.69) is 0 Å². The van der Waals surface area contributed by atoms with Crippen LogP contribution in [0.2, 0.25) is 0 Å². The molecule has 7 heteroatoms. The van der Waals surface area contributed by atoms with Gasteiger partial charge in [-0.15, -0.1) is 0 Å². The van der Waals surface area contributed by atoms with Crippen LogP contribution in [0.3, 0.4) is 0 Å². The number of esters is 1. The molecule has 2 rings (SSSR count). The van der Waals surface area contributed by atoms with Crippen LogP contribution < -0.4 is 14.4 Å². The largest absolute Gasteiger partial charge is 0.497 e. The predicted octanol–water partition coefficient (Wildman–Crippen LogP) is 3.12. The number of likely N-dealkylation sites (N-methyl/N-ethyl adjacent to an activating group) is 1. The highest BCUT2D eigenvalue weighted by Gasteiger charge is 2.13.